The second-order valence-electron chi connectivity index (χ2n) is 11.7. The molecule has 3 aliphatic heterocycles. The van der Waals surface area contributed by atoms with Crippen LogP contribution in [-0.2, 0) is 26.0 Å². The van der Waals surface area contributed by atoms with Crippen molar-refractivity contribution in [2.75, 3.05) is 39.3 Å². The summed E-state index contributed by atoms with van der Waals surface area (Å²) in [5.41, 5.74) is 1.15. The number of sulfonamides is 1. The number of carbonyl (C=O) groups excluding carboxylic acids is 2. The highest BCUT2D eigenvalue weighted by molar-refractivity contribution is 7.89. The zero-order valence-corrected chi connectivity index (χ0v) is 24.3. The van der Waals surface area contributed by atoms with Crippen molar-refractivity contribution in [3.63, 3.8) is 0 Å². The van der Waals surface area contributed by atoms with Gasteiger partial charge in [0.15, 0.2) is 0 Å². The Bertz CT molecular complexity index is 1330. The quantitative estimate of drug-likeness (QED) is 0.584. The van der Waals surface area contributed by atoms with Gasteiger partial charge in [-0.3, -0.25) is 9.59 Å². The molecule has 222 valence electrons. The summed E-state index contributed by atoms with van der Waals surface area (Å²) in [5, 5.41) is 3.16. The zero-order valence-electron chi connectivity index (χ0n) is 23.5. The van der Waals surface area contributed by atoms with E-state index >= 15 is 0 Å². The third-order valence-corrected chi connectivity index (χ3v) is 10.8. The SMILES string of the molecule is O=C1CCCOc2ccccc2CCCCC2(CCN(C(=O)C3CCN(S(=O)(=O)c4ccc(F)cc4)C3)CC2)CN1. The standard InChI is InChI=1S/C31H40FN3O5S/c32-26-10-12-27(13-11-26)41(38,39)35-18-14-25(22-35)30(37)34-19-16-31(17-20-34)15-4-3-7-24-6-1-2-8-28(24)40-21-5-9-29(36)33-23-31/h1-2,6,8,10-13,25H,3-5,7,9,14-23H2,(H,33,36). The summed E-state index contributed by atoms with van der Waals surface area (Å²) in [7, 11) is -3.78. The molecule has 8 nitrogen and oxygen atoms in total. The van der Waals surface area contributed by atoms with Crippen molar-refractivity contribution in [2.45, 2.75) is 62.7 Å². The van der Waals surface area contributed by atoms with Gasteiger partial charge in [-0.15, -0.1) is 0 Å². The van der Waals surface area contributed by atoms with Gasteiger partial charge in [0.05, 0.1) is 17.4 Å². The number of ether oxygens (including phenoxy) is 1. The Hall–Kier alpha value is -2.98. The first-order valence-electron chi connectivity index (χ1n) is 14.8. The third kappa shape index (κ3) is 7.09. The molecule has 2 fully saturated rings. The molecule has 2 amide bonds. The van der Waals surface area contributed by atoms with E-state index in [0.29, 0.717) is 45.5 Å². The van der Waals surface area contributed by atoms with Crippen LogP contribution in [0.1, 0.15) is 56.9 Å². The summed E-state index contributed by atoms with van der Waals surface area (Å²) in [6.45, 7) is 2.74. The number of halogens is 1. The third-order valence-electron chi connectivity index (χ3n) is 8.93. The Morgan fingerprint density at radius 3 is 2.49 bits per heavy atom. The molecule has 2 aromatic carbocycles. The van der Waals surface area contributed by atoms with Crippen molar-refractivity contribution >= 4 is 21.8 Å². The maximum absolute atomic E-state index is 13.4. The summed E-state index contributed by atoms with van der Waals surface area (Å²) in [5.74, 6) is 0.0596. The van der Waals surface area contributed by atoms with E-state index in [1.165, 1.54) is 22.0 Å². The molecule has 2 saturated heterocycles. The van der Waals surface area contributed by atoms with Crippen LogP contribution in [0.25, 0.3) is 0 Å². The second kappa shape index (κ2) is 12.9. The van der Waals surface area contributed by atoms with Gasteiger partial charge in [0.2, 0.25) is 21.8 Å². The smallest absolute Gasteiger partial charge is 0.243 e. The number of nitrogens with zero attached hydrogens (tertiary/aromatic N) is 2. The number of piperidine rings is 1. The molecule has 3 aliphatic rings. The number of aryl methyl sites for hydroxylation is 1. The van der Waals surface area contributed by atoms with Gasteiger partial charge < -0.3 is 15.0 Å². The van der Waals surface area contributed by atoms with Crippen LogP contribution in [-0.4, -0.2) is 68.8 Å². The van der Waals surface area contributed by atoms with Crippen molar-refractivity contribution in [2.24, 2.45) is 11.3 Å². The number of carbonyl (C=O) groups is 2. The van der Waals surface area contributed by atoms with Crippen LogP contribution in [0.3, 0.4) is 0 Å². The molecule has 1 N–H and O–H groups in total. The Kier molecular flexibility index (Phi) is 9.28. The molecule has 0 radical (unpaired) electrons. The molecule has 0 aliphatic carbocycles. The Morgan fingerprint density at radius 2 is 1.71 bits per heavy atom. The van der Waals surface area contributed by atoms with Crippen molar-refractivity contribution in [3.8, 4) is 5.75 Å². The highest BCUT2D eigenvalue weighted by atomic mass is 32.2. The lowest BCUT2D eigenvalue weighted by molar-refractivity contribution is -0.137. The second-order valence-corrected chi connectivity index (χ2v) is 13.6. The first kappa shape index (κ1) is 29.5. The van der Waals surface area contributed by atoms with Crippen molar-refractivity contribution < 1.29 is 27.1 Å². The van der Waals surface area contributed by atoms with Gasteiger partial charge in [0.1, 0.15) is 11.6 Å². The largest absolute Gasteiger partial charge is 0.493 e. The van der Waals surface area contributed by atoms with Gasteiger partial charge in [-0.2, -0.15) is 4.31 Å². The Balaban J connectivity index is 1.18. The average Bonchev–Trinajstić information content (AvgIpc) is 3.49. The molecule has 1 unspecified atom stereocenters. The summed E-state index contributed by atoms with van der Waals surface area (Å²) in [4.78, 5) is 28.0. The first-order valence-corrected chi connectivity index (χ1v) is 16.2. The molecule has 41 heavy (non-hydrogen) atoms. The monoisotopic (exact) mass is 585 g/mol. The normalized spacial score (nSPS) is 22.8. The first-order chi connectivity index (χ1) is 19.8. The van der Waals surface area contributed by atoms with Gasteiger partial charge in [-0.25, -0.2) is 12.8 Å². The number of likely N-dealkylation sites (tertiary alicyclic amines) is 1. The highest BCUT2D eigenvalue weighted by Crippen LogP contribution is 2.38. The van der Waals surface area contributed by atoms with Crippen LogP contribution in [0, 0.1) is 17.2 Å². The molecule has 0 aromatic heterocycles. The topological polar surface area (TPSA) is 96.0 Å². The molecule has 3 heterocycles. The molecular formula is C31H40FN3O5S. The summed E-state index contributed by atoms with van der Waals surface area (Å²) < 4.78 is 46.6. The fraction of sp³-hybridized carbons (Fsp3) is 0.548. The predicted octanol–water partition coefficient (Wildman–Crippen LogP) is 4.15. The van der Waals surface area contributed by atoms with Crippen molar-refractivity contribution in [1.29, 1.82) is 0 Å². The Labute approximate surface area is 242 Å². The zero-order chi connectivity index (χ0) is 28.9. The van der Waals surface area contributed by atoms with Crippen LogP contribution in [0.2, 0.25) is 0 Å². The molecule has 0 saturated carbocycles. The molecule has 1 spiro atoms. The fourth-order valence-electron chi connectivity index (χ4n) is 6.33. The summed E-state index contributed by atoms with van der Waals surface area (Å²) in [6.07, 6.45) is 7.14. The van der Waals surface area contributed by atoms with E-state index in [4.69, 9.17) is 4.74 Å². The molecule has 5 rings (SSSR count). The number of para-hydroxylation sites is 1. The molecule has 0 bridgehead atoms. The van der Waals surface area contributed by atoms with Crippen LogP contribution in [0.4, 0.5) is 4.39 Å². The van der Waals surface area contributed by atoms with E-state index in [9.17, 15) is 22.4 Å². The number of benzene rings is 2. The number of nitrogens with one attached hydrogen (secondary N) is 1. The molecule has 1 atom stereocenters. The van der Waals surface area contributed by atoms with Crippen LogP contribution in [0.15, 0.2) is 53.4 Å². The number of fused-ring (bicyclic) bond motifs is 1. The number of hydrogen-bond acceptors (Lipinski definition) is 5. The van der Waals surface area contributed by atoms with Crippen molar-refractivity contribution in [3.05, 3.63) is 59.9 Å². The van der Waals surface area contributed by atoms with E-state index < -0.39 is 15.8 Å². The minimum absolute atomic E-state index is 0.00168. The van der Waals surface area contributed by atoms with Crippen molar-refractivity contribution in [1.82, 2.24) is 14.5 Å². The van der Waals surface area contributed by atoms with Gasteiger partial charge >= 0.3 is 0 Å². The lowest BCUT2D eigenvalue weighted by Crippen LogP contribution is -2.49. The highest BCUT2D eigenvalue weighted by Gasteiger charge is 2.41. The van der Waals surface area contributed by atoms with Crippen LogP contribution in [0.5, 0.6) is 5.75 Å². The lowest BCUT2D eigenvalue weighted by Gasteiger charge is -2.43. The maximum Gasteiger partial charge on any atom is 0.243 e. The van der Waals surface area contributed by atoms with E-state index in [1.54, 1.807) is 0 Å². The molecular weight excluding hydrogens is 545 g/mol. The van der Waals surface area contributed by atoms with Crippen LogP contribution >= 0.6 is 0 Å². The number of hydrogen-bond donors (Lipinski definition) is 1. The number of rotatable bonds is 3. The predicted molar refractivity (Wildman–Crippen MR) is 153 cm³/mol. The van der Waals surface area contributed by atoms with E-state index in [-0.39, 0.29) is 41.1 Å². The van der Waals surface area contributed by atoms with Gasteiger partial charge in [0.25, 0.3) is 0 Å². The average molecular weight is 586 g/mol. The lowest BCUT2D eigenvalue weighted by atomic mass is 9.74. The van der Waals surface area contributed by atoms with Gasteiger partial charge in [0, 0.05) is 39.1 Å². The minimum Gasteiger partial charge on any atom is -0.493 e. The fourth-order valence-corrected chi connectivity index (χ4v) is 7.83. The minimum atomic E-state index is -3.78. The summed E-state index contributed by atoms with van der Waals surface area (Å²) in [6, 6.07) is 12.9. The van der Waals surface area contributed by atoms with Crippen LogP contribution < -0.4 is 10.1 Å². The Morgan fingerprint density at radius 1 is 0.951 bits per heavy atom. The van der Waals surface area contributed by atoms with E-state index in [0.717, 1.165) is 56.4 Å². The van der Waals surface area contributed by atoms with Gasteiger partial charge in [-0.1, -0.05) is 24.6 Å². The summed E-state index contributed by atoms with van der Waals surface area (Å²) >= 11 is 0. The van der Waals surface area contributed by atoms with E-state index in [1.807, 2.05) is 23.1 Å². The van der Waals surface area contributed by atoms with Gasteiger partial charge in [-0.05, 0) is 86.3 Å². The molecule has 10 heteroatoms. The maximum atomic E-state index is 13.4. The number of amides is 2. The molecule has 2 aromatic rings. The van der Waals surface area contributed by atoms with E-state index in [2.05, 4.69) is 11.4 Å².